The third kappa shape index (κ3) is 4.00. The van der Waals surface area contributed by atoms with Gasteiger partial charge < -0.3 is 9.47 Å². The van der Waals surface area contributed by atoms with Crippen LogP contribution in [0.4, 0.5) is 4.39 Å². The molecule has 0 fully saturated rings. The minimum atomic E-state index is -0.887. The molecular weight excluding hydrogens is 339 g/mol. The summed E-state index contributed by atoms with van der Waals surface area (Å²) in [6, 6.07) is 13.1. The summed E-state index contributed by atoms with van der Waals surface area (Å²) in [4.78, 5) is 24.0. The predicted octanol–water partition coefficient (Wildman–Crippen LogP) is 2.22. The molecule has 2 aromatic carbocycles. The summed E-state index contributed by atoms with van der Waals surface area (Å²) < 4.78 is 24.7. The minimum absolute atomic E-state index is 0.0306. The summed E-state index contributed by atoms with van der Waals surface area (Å²) >= 11 is 0. The van der Waals surface area contributed by atoms with E-state index in [0.717, 1.165) is 0 Å². The van der Waals surface area contributed by atoms with Gasteiger partial charge >= 0.3 is 0 Å². The molecule has 134 valence electrons. The largest absolute Gasteiger partial charge is 0.485 e. The van der Waals surface area contributed by atoms with Crippen LogP contribution < -0.4 is 20.3 Å². The Morgan fingerprint density at radius 1 is 1.08 bits per heavy atom. The molecule has 1 atom stereocenters. The van der Waals surface area contributed by atoms with Crippen LogP contribution in [0, 0.1) is 5.82 Å². The highest BCUT2D eigenvalue weighted by atomic mass is 19.1. The van der Waals surface area contributed by atoms with Crippen LogP contribution in [0.2, 0.25) is 0 Å². The maximum absolute atomic E-state index is 13.7. The molecular formula is C19H17FN2O4. The Kier molecular flexibility index (Phi) is 5.17. The Bertz CT molecular complexity index is 866. The summed E-state index contributed by atoms with van der Waals surface area (Å²) in [5.41, 5.74) is 5.27. The highest BCUT2D eigenvalue weighted by Crippen LogP contribution is 2.30. The summed E-state index contributed by atoms with van der Waals surface area (Å²) in [7, 11) is 0. The fraction of sp³-hybridized carbons (Fsp3) is 0.158. The van der Waals surface area contributed by atoms with E-state index in [0.29, 0.717) is 22.6 Å². The summed E-state index contributed by atoms with van der Waals surface area (Å²) in [6.07, 6.45) is 0.313. The highest BCUT2D eigenvalue weighted by Gasteiger charge is 2.27. The molecule has 1 aliphatic rings. The first-order valence-electron chi connectivity index (χ1n) is 7.96. The molecule has 6 nitrogen and oxygen atoms in total. The number of benzene rings is 2. The number of rotatable bonds is 3. The van der Waals surface area contributed by atoms with Crippen molar-refractivity contribution in [3.8, 4) is 11.5 Å². The van der Waals surface area contributed by atoms with E-state index in [1.807, 2.05) is 0 Å². The first-order chi connectivity index (χ1) is 12.5. The zero-order chi connectivity index (χ0) is 18.5. The maximum Gasteiger partial charge on any atom is 0.283 e. The first-order valence-corrected chi connectivity index (χ1v) is 7.96. The molecule has 0 spiro atoms. The Hall–Kier alpha value is -3.35. The number of fused-ring (bicyclic) bond motifs is 1. The number of amides is 2. The van der Waals surface area contributed by atoms with E-state index in [9.17, 15) is 14.0 Å². The fourth-order valence-electron chi connectivity index (χ4n) is 2.44. The van der Waals surface area contributed by atoms with Gasteiger partial charge in [-0.1, -0.05) is 30.3 Å². The van der Waals surface area contributed by atoms with Crippen LogP contribution in [0.25, 0.3) is 5.57 Å². The lowest BCUT2D eigenvalue weighted by molar-refractivity contribution is -0.134. The van der Waals surface area contributed by atoms with Gasteiger partial charge in [0.1, 0.15) is 12.4 Å². The van der Waals surface area contributed by atoms with Gasteiger partial charge in [0.2, 0.25) is 6.10 Å². The quantitative estimate of drug-likeness (QED) is 0.653. The Balaban J connectivity index is 1.56. The molecule has 2 N–H and O–H groups in total. The molecule has 0 bridgehead atoms. The Morgan fingerprint density at radius 3 is 2.54 bits per heavy atom. The van der Waals surface area contributed by atoms with Gasteiger partial charge in [0.15, 0.2) is 11.5 Å². The number of carbonyl (C=O) groups excluding carboxylic acids is 2. The van der Waals surface area contributed by atoms with Crippen molar-refractivity contribution >= 4 is 17.4 Å². The van der Waals surface area contributed by atoms with Gasteiger partial charge in [-0.2, -0.15) is 0 Å². The molecule has 26 heavy (non-hydrogen) atoms. The number of nitrogens with one attached hydrogen (secondary N) is 2. The van der Waals surface area contributed by atoms with Crippen molar-refractivity contribution in [2.75, 3.05) is 6.61 Å². The molecule has 7 heteroatoms. The lowest BCUT2D eigenvalue weighted by atomic mass is 10.1. The second kappa shape index (κ2) is 7.69. The van der Waals surface area contributed by atoms with Gasteiger partial charge in [0.05, 0.1) is 0 Å². The van der Waals surface area contributed by atoms with Gasteiger partial charge in [-0.3, -0.25) is 20.4 Å². The number of carbonyl (C=O) groups is 2. The van der Waals surface area contributed by atoms with Crippen molar-refractivity contribution in [3.05, 3.63) is 66.0 Å². The van der Waals surface area contributed by atoms with Crippen LogP contribution in [0.5, 0.6) is 11.5 Å². The van der Waals surface area contributed by atoms with E-state index in [2.05, 4.69) is 10.9 Å². The van der Waals surface area contributed by atoms with Crippen LogP contribution in [-0.2, 0) is 9.59 Å². The molecule has 0 aliphatic carbocycles. The van der Waals surface area contributed by atoms with Crippen LogP contribution in [0.15, 0.2) is 54.6 Å². The average Bonchev–Trinajstić information content (AvgIpc) is 2.66. The van der Waals surface area contributed by atoms with Crippen LogP contribution in [-0.4, -0.2) is 24.5 Å². The molecule has 3 rings (SSSR count). The SMILES string of the molecule is C/C(=C/C(=O)NNC(=O)C1COc2ccccc2O1)c1ccccc1F. The van der Waals surface area contributed by atoms with E-state index in [1.165, 1.54) is 12.1 Å². The standard InChI is InChI=1S/C19H17FN2O4/c1-12(13-6-2-3-7-14(13)20)10-18(23)21-22-19(24)17-11-25-15-8-4-5-9-16(15)26-17/h2-10,17H,11H2,1H3,(H,21,23)(H,22,24)/b12-10-. The molecule has 1 aliphatic heterocycles. The molecule has 1 unspecified atom stereocenters. The number of hydrogen-bond donors (Lipinski definition) is 2. The molecule has 2 aromatic rings. The van der Waals surface area contributed by atoms with Gasteiger partial charge in [0.25, 0.3) is 11.8 Å². The molecule has 0 aromatic heterocycles. The highest BCUT2D eigenvalue weighted by molar-refractivity contribution is 5.96. The van der Waals surface area contributed by atoms with Crippen LogP contribution in [0.1, 0.15) is 12.5 Å². The van der Waals surface area contributed by atoms with E-state index in [-0.39, 0.29) is 6.61 Å². The predicted molar refractivity (Wildman–Crippen MR) is 92.7 cm³/mol. The number of halogens is 1. The molecule has 2 amide bonds. The lowest BCUT2D eigenvalue weighted by Gasteiger charge is -2.25. The van der Waals surface area contributed by atoms with Gasteiger partial charge in [-0.25, -0.2) is 4.39 Å². The van der Waals surface area contributed by atoms with Gasteiger partial charge in [-0.15, -0.1) is 0 Å². The van der Waals surface area contributed by atoms with Crippen molar-refractivity contribution in [2.45, 2.75) is 13.0 Å². The summed E-state index contributed by atoms with van der Waals surface area (Å²) in [6.45, 7) is 1.64. The topological polar surface area (TPSA) is 76.7 Å². The summed E-state index contributed by atoms with van der Waals surface area (Å²) in [5.74, 6) is -0.546. The van der Waals surface area contributed by atoms with Crippen LogP contribution in [0.3, 0.4) is 0 Å². The Labute approximate surface area is 149 Å². The fourth-order valence-corrected chi connectivity index (χ4v) is 2.44. The molecule has 1 heterocycles. The van der Waals surface area contributed by atoms with Crippen molar-refractivity contribution in [1.29, 1.82) is 0 Å². The van der Waals surface area contributed by atoms with E-state index in [4.69, 9.17) is 9.47 Å². The average molecular weight is 356 g/mol. The number of hydrogen-bond acceptors (Lipinski definition) is 4. The second-order valence-corrected chi connectivity index (χ2v) is 5.65. The normalized spacial score (nSPS) is 15.9. The number of allylic oxidation sites excluding steroid dienone is 1. The van der Waals surface area contributed by atoms with Crippen molar-refractivity contribution < 1.29 is 23.5 Å². The minimum Gasteiger partial charge on any atom is -0.485 e. The smallest absolute Gasteiger partial charge is 0.283 e. The lowest BCUT2D eigenvalue weighted by Crippen LogP contribution is -2.50. The Morgan fingerprint density at radius 2 is 1.77 bits per heavy atom. The van der Waals surface area contributed by atoms with E-state index < -0.39 is 23.7 Å². The third-order valence-corrected chi connectivity index (χ3v) is 3.76. The van der Waals surface area contributed by atoms with E-state index >= 15 is 0 Å². The van der Waals surface area contributed by atoms with Crippen molar-refractivity contribution in [1.82, 2.24) is 10.9 Å². The van der Waals surface area contributed by atoms with Gasteiger partial charge in [-0.05, 0) is 30.7 Å². The first kappa shape index (κ1) is 17.5. The second-order valence-electron chi connectivity index (χ2n) is 5.65. The van der Waals surface area contributed by atoms with Gasteiger partial charge in [0, 0.05) is 11.6 Å². The molecule has 0 saturated carbocycles. The number of para-hydroxylation sites is 2. The summed E-state index contributed by atoms with van der Waals surface area (Å²) in [5, 5.41) is 0. The number of hydrazine groups is 1. The van der Waals surface area contributed by atoms with Crippen LogP contribution >= 0.6 is 0 Å². The van der Waals surface area contributed by atoms with Crippen molar-refractivity contribution in [3.63, 3.8) is 0 Å². The third-order valence-electron chi connectivity index (χ3n) is 3.76. The molecule has 0 radical (unpaired) electrons. The zero-order valence-electron chi connectivity index (χ0n) is 14.0. The molecule has 0 saturated heterocycles. The number of ether oxygens (including phenoxy) is 2. The zero-order valence-corrected chi connectivity index (χ0v) is 14.0. The maximum atomic E-state index is 13.7. The monoisotopic (exact) mass is 356 g/mol. The van der Waals surface area contributed by atoms with Crippen molar-refractivity contribution in [2.24, 2.45) is 0 Å². The van der Waals surface area contributed by atoms with E-state index in [1.54, 1.807) is 49.4 Å².